The fraction of sp³-hybridized carbons (Fsp3) is 0.286. The summed E-state index contributed by atoms with van der Waals surface area (Å²) in [5, 5.41) is 0. The third kappa shape index (κ3) is 2.38. The lowest BCUT2D eigenvalue weighted by Crippen LogP contribution is -2.09. The number of hydrogen-bond donors (Lipinski definition) is 1. The molecule has 13 heavy (non-hydrogen) atoms. The van der Waals surface area contributed by atoms with Crippen LogP contribution in [0.15, 0.2) is 10.8 Å². The lowest BCUT2D eigenvalue weighted by molar-refractivity contribution is 0.0519. The maximum absolute atomic E-state index is 11.1. The van der Waals surface area contributed by atoms with Gasteiger partial charge in [0.25, 0.3) is 0 Å². The Morgan fingerprint density at radius 2 is 2.46 bits per heavy atom. The summed E-state index contributed by atoms with van der Waals surface area (Å²) in [6, 6.07) is 0. The van der Waals surface area contributed by atoms with Gasteiger partial charge in [0.05, 0.1) is 12.8 Å². The van der Waals surface area contributed by atoms with Gasteiger partial charge in [0.1, 0.15) is 4.60 Å². The minimum Gasteiger partial charge on any atom is -0.461 e. The summed E-state index contributed by atoms with van der Waals surface area (Å²) >= 11 is 3.07. The summed E-state index contributed by atoms with van der Waals surface area (Å²) in [6.07, 6.45) is 1.30. The predicted octanol–water partition coefficient (Wildman–Crippen LogP) is 0.998. The second-order valence-electron chi connectivity index (χ2n) is 2.15. The van der Waals surface area contributed by atoms with Gasteiger partial charge in [-0.3, -0.25) is 0 Å². The van der Waals surface area contributed by atoms with Gasteiger partial charge in [-0.25, -0.2) is 14.8 Å². The number of nitrogen functional groups attached to an aromatic ring is 1. The van der Waals surface area contributed by atoms with E-state index in [0.29, 0.717) is 11.2 Å². The van der Waals surface area contributed by atoms with Crippen molar-refractivity contribution in [3.63, 3.8) is 0 Å². The molecule has 2 N–H and O–H groups in total. The number of esters is 1. The SMILES string of the molecule is CCOC(=O)c1cnc(Br)c(N)n1. The van der Waals surface area contributed by atoms with Crippen molar-refractivity contribution in [3.8, 4) is 0 Å². The van der Waals surface area contributed by atoms with E-state index in [1.807, 2.05) is 0 Å². The molecule has 0 aromatic carbocycles. The van der Waals surface area contributed by atoms with Crippen LogP contribution in [0.2, 0.25) is 0 Å². The van der Waals surface area contributed by atoms with E-state index in [0.717, 1.165) is 0 Å². The third-order valence-electron chi connectivity index (χ3n) is 1.24. The number of ether oxygens (including phenoxy) is 1. The number of anilines is 1. The fourth-order valence-corrected chi connectivity index (χ4v) is 0.883. The Morgan fingerprint density at radius 3 is 3.00 bits per heavy atom. The first-order valence-corrected chi connectivity index (χ1v) is 4.39. The van der Waals surface area contributed by atoms with Crippen LogP contribution in [-0.2, 0) is 4.74 Å². The zero-order valence-electron chi connectivity index (χ0n) is 6.95. The summed E-state index contributed by atoms with van der Waals surface area (Å²) in [7, 11) is 0. The number of nitrogens with two attached hydrogens (primary N) is 1. The second kappa shape index (κ2) is 4.18. The molecule has 1 aromatic rings. The highest BCUT2D eigenvalue weighted by Gasteiger charge is 2.10. The van der Waals surface area contributed by atoms with Crippen LogP contribution in [0, 0.1) is 0 Å². The lowest BCUT2D eigenvalue weighted by atomic mass is 10.4. The van der Waals surface area contributed by atoms with Crippen LogP contribution in [0.25, 0.3) is 0 Å². The minimum atomic E-state index is -0.519. The highest BCUT2D eigenvalue weighted by atomic mass is 79.9. The Kier molecular flexibility index (Phi) is 3.18. The van der Waals surface area contributed by atoms with Crippen LogP contribution in [-0.4, -0.2) is 22.5 Å². The topological polar surface area (TPSA) is 78.1 Å². The van der Waals surface area contributed by atoms with Gasteiger partial charge in [-0.15, -0.1) is 0 Å². The fourth-order valence-electron chi connectivity index (χ4n) is 0.692. The monoisotopic (exact) mass is 245 g/mol. The molecule has 0 aliphatic heterocycles. The lowest BCUT2D eigenvalue weighted by Gasteiger charge is -2.01. The first-order chi connectivity index (χ1) is 6.15. The van der Waals surface area contributed by atoms with E-state index in [2.05, 4.69) is 25.9 Å². The van der Waals surface area contributed by atoms with Gasteiger partial charge in [0.2, 0.25) is 0 Å². The largest absolute Gasteiger partial charge is 0.461 e. The Hall–Kier alpha value is -1.17. The third-order valence-corrected chi connectivity index (χ3v) is 1.85. The molecule has 5 nitrogen and oxygen atoms in total. The molecular weight excluding hydrogens is 238 g/mol. The number of aromatic nitrogens is 2. The molecule has 0 unspecified atom stereocenters. The summed E-state index contributed by atoms with van der Waals surface area (Å²) in [6.45, 7) is 2.02. The van der Waals surface area contributed by atoms with Crippen molar-refractivity contribution in [2.24, 2.45) is 0 Å². The Morgan fingerprint density at radius 1 is 1.77 bits per heavy atom. The summed E-state index contributed by atoms with van der Waals surface area (Å²) in [4.78, 5) is 18.7. The normalized spacial score (nSPS) is 9.69. The van der Waals surface area contributed by atoms with Crippen molar-refractivity contribution in [2.75, 3.05) is 12.3 Å². The van der Waals surface area contributed by atoms with Crippen LogP contribution >= 0.6 is 15.9 Å². The van der Waals surface area contributed by atoms with Gasteiger partial charge >= 0.3 is 5.97 Å². The molecule has 0 aliphatic rings. The zero-order chi connectivity index (χ0) is 9.84. The van der Waals surface area contributed by atoms with Crippen LogP contribution in [0.5, 0.6) is 0 Å². The molecule has 1 aromatic heterocycles. The molecule has 0 fully saturated rings. The van der Waals surface area contributed by atoms with Crippen molar-refractivity contribution in [2.45, 2.75) is 6.92 Å². The standard InChI is InChI=1S/C7H8BrN3O2/c1-2-13-7(12)4-3-10-5(8)6(9)11-4/h3H,2H2,1H3,(H2,9,11). The quantitative estimate of drug-likeness (QED) is 0.787. The van der Waals surface area contributed by atoms with Crippen LogP contribution in [0.1, 0.15) is 17.4 Å². The van der Waals surface area contributed by atoms with Crippen molar-refractivity contribution < 1.29 is 9.53 Å². The van der Waals surface area contributed by atoms with E-state index < -0.39 is 5.97 Å². The number of carbonyl (C=O) groups is 1. The van der Waals surface area contributed by atoms with Crippen molar-refractivity contribution >= 4 is 27.7 Å². The molecule has 0 atom stereocenters. The molecule has 1 heterocycles. The second-order valence-corrected chi connectivity index (χ2v) is 2.90. The van der Waals surface area contributed by atoms with E-state index in [9.17, 15) is 4.79 Å². The van der Waals surface area contributed by atoms with E-state index in [1.165, 1.54) is 6.20 Å². The number of hydrogen-bond acceptors (Lipinski definition) is 5. The maximum atomic E-state index is 11.1. The molecule has 0 spiro atoms. The van der Waals surface area contributed by atoms with Crippen molar-refractivity contribution in [1.29, 1.82) is 0 Å². The van der Waals surface area contributed by atoms with Crippen LogP contribution in [0.3, 0.4) is 0 Å². The van der Waals surface area contributed by atoms with Crippen molar-refractivity contribution in [1.82, 2.24) is 9.97 Å². The van der Waals surface area contributed by atoms with Gasteiger partial charge < -0.3 is 10.5 Å². The van der Waals surface area contributed by atoms with Gasteiger partial charge in [-0.2, -0.15) is 0 Å². The van der Waals surface area contributed by atoms with Gasteiger partial charge in [0, 0.05) is 0 Å². The van der Waals surface area contributed by atoms with E-state index in [4.69, 9.17) is 10.5 Å². The molecule has 0 saturated heterocycles. The summed E-state index contributed by atoms with van der Waals surface area (Å²) < 4.78 is 5.13. The highest BCUT2D eigenvalue weighted by Crippen LogP contribution is 2.13. The summed E-state index contributed by atoms with van der Waals surface area (Å²) in [5.74, 6) is -0.347. The average Bonchev–Trinajstić information content (AvgIpc) is 2.10. The van der Waals surface area contributed by atoms with E-state index in [-0.39, 0.29) is 11.5 Å². The molecule has 0 radical (unpaired) electrons. The van der Waals surface area contributed by atoms with Crippen LogP contribution in [0.4, 0.5) is 5.82 Å². The average molecular weight is 246 g/mol. The predicted molar refractivity (Wildman–Crippen MR) is 50.1 cm³/mol. The summed E-state index contributed by atoms with van der Waals surface area (Å²) in [5.41, 5.74) is 5.54. The minimum absolute atomic E-state index is 0.113. The first-order valence-electron chi connectivity index (χ1n) is 3.60. The molecule has 0 aliphatic carbocycles. The number of carbonyl (C=O) groups excluding carboxylic acids is 1. The Bertz CT molecular complexity index is 330. The van der Waals surface area contributed by atoms with Gasteiger partial charge in [-0.1, -0.05) is 0 Å². The number of rotatable bonds is 2. The Balaban J connectivity index is 2.90. The van der Waals surface area contributed by atoms with E-state index >= 15 is 0 Å². The molecule has 70 valence electrons. The molecular formula is C7H8BrN3O2. The van der Waals surface area contributed by atoms with Gasteiger partial charge in [-0.05, 0) is 22.9 Å². The molecule has 1 rings (SSSR count). The Labute approximate surface area is 83.4 Å². The molecule has 0 saturated carbocycles. The van der Waals surface area contributed by atoms with Crippen molar-refractivity contribution in [3.05, 3.63) is 16.5 Å². The smallest absolute Gasteiger partial charge is 0.358 e. The van der Waals surface area contributed by atoms with Crippen LogP contribution < -0.4 is 5.73 Å². The molecule has 0 bridgehead atoms. The highest BCUT2D eigenvalue weighted by molar-refractivity contribution is 9.10. The number of halogens is 1. The maximum Gasteiger partial charge on any atom is 0.358 e. The molecule has 0 amide bonds. The van der Waals surface area contributed by atoms with Gasteiger partial charge in [0.15, 0.2) is 11.5 Å². The first kappa shape index (κ1) is 9.91. The zero-order valence-corrected chi connectivity index (χ0v) is 8.54. The molecule has 6 heteroatoms. The van der Waals surface area contributed by atoms with E-state index in [1.54, 1.807) is 6.92 Å². The number of nitrogens with zero attached hydrogens (tertiary/aromatic N) is 2.